The lowest BCUT2D eigenvalue weighted by atomic mass is 10.0. The molecule has 3 nitrogen and oxygen atoms in total. The number of hydrogen-bond acceptors (Lipinski definition) is 2. The van der Waals surface area contributed by atoms with Crippen LogP contribution < -0.4 is 5.73 Å². The predicted molar refractivity (Wildman–Crippen MR) is 79.3 cm³/mol. The molecule has 1 aromatic heterocycles. The summed E-state index contributed by atoms with van der Waals surface area (Å²) in [4.78, 5) is 0. The van der Waals surface area contributed by atoms with Crippen molar-refractivity contribution in [2.24, 2.45) is 5.73 Å². The molecule has 2 aromatic rings. The van der Waals surface area contributed by atoms with Crippen molar-refractivity contribution in [2.75, 3.05) is 0 Å². The van der Waals surface area contributed by atoms with Gasteiger partial charge in [-0.05, 0) is 25.5 Å². The molecular weight excluding hydrogens is 296 g/mol. The maximum atomic E-state index is 13.8. The number of aryl methyl sites for hydroxylation is 2. The van der Waals surface area contributed by atoms with Crippen LogP contribution in [0.25, 0.3) is 0 Å². The van der Waals surface area contributed by atoms with Gasteiger partial charge in [0.05, 0.1) is 16.4 Å². The maximum Gasteiger partial charge on any atom is 0.130 e. The Morgan fingerprint density at radius 2 is 1.90 bits per heavy atom. The van der Waals surface area contributed by atoms with Gasteiger partial charge in [-0.2, -0.15) is 5.10 Å². The zero-order valence-corrected chi connectivity index (χ0v) is 12.8. The summed E-state index contributed by atoms with van der Waals surface area (Å²) >= 11 is 6.29. The van der Waals surface area contributed by atoms with E-state index in [1.165, 1.54) is 18.2 Å². The van der Waals surface area contributed by atoms with E-state index < -0.39 is 17.7 Å². The number of nitrogens with two attached hydrogens (primary N) is 1. The third kappa shape index (κ3) is 3.09. The van der Waals surface area contributed by atoms with E-state index in [0.717, 1.165) is 5.69 Å². The molecule has 0 aliphatic heterocycles. The summed E-state index contributed by atoms with van der Waals surface area (Å²) in [5.41, 5.74) is 7.36. The van der Waals surface area contributed by atoms with E-state index >= 15 is 0 Å². The van der Waals surface area contributed by atoms with Crippen LogP contribution in [0.1, 0.15) is 36.8 Å². The molecule has 2 N–H and O–H groups in total. The molecule has 0 spiro atoms. The van der Waals surface area contributed by atoms with Crippen LogP contribution in [0.15, 0.2) is 18.2 Å². The van der Waals surface area contributed by atoms with Crippen molar-refractivity contribution in [3.63, 3.8) is 0 Å². The van der Waals surface area contributed by atoms with Crippen molar-refractivity contribution in [1.29, 1.82) is 0 Å². The fourth-order valence-corrected chi connectivity index (χ4v) is 2.73. The Labute approximate surface area is 127 Å². The van der Waals surface area contributed by atoms with Crippen molar-refractivity contribution in [3.05, 3.63) is 51.8 Å². The third-order valence-electron chi connectivity index (χ3n) is 3.48. The lowest BCUT2D eigenvalue weighted by Gasteiger charge is -2.15. The zero-order chi connectivity index (χ0) is 15.6. The monoisotopic (exact) mass is 313 g/mol. The minimum atomic E-state index is -0.810. The standard InChI is InChI=1S/C15H18ClF2N3/c1-3-12-15(16)13(21(4-2)20-12)8-11(19)14-9(17)6-5-7-10(14)18/h5-7,11H,3-4,8,19H2,1-2H3. The quantitative estimate of drug-likeness (QED) is 0.916. The molecule has 0 saturated carbocycles. The first kappa shape index (κ1) is 15.9. The highest BCUT2D eigenvalue weighted by atomic mass is 35.5. The van der Waals surface area contributed by atoms with Crippen LogP contribution >= 0.6 is 11.6 Å². The largest absolute Gasteiger partial charge is 0.323 e. The Hall–Kier alpha value is -1.46. The van der Waals surface area contributed by atoms with Gasteiger partial charge in [0.2, 0.25) is 0 Å². The third-order valence-corrected chi connectivity index (χ3v) is 3.91. The first-order chi connectivity index (χ1) is 9.99. The van der Waals surface area contributed by atoms with Gasteiger partial charge in [0.15, 0.2) is 0 Å². The summed E-state index contributed by atoms with van der Waals surface area (Å²) in [5, 5.41) is 4.91. The second kappa shape index (κ2) is 6.54. The van der Waals surface area contributed by atoms with Crippen molar-refractivity contribution >= 4 is 11.6 Å². The van der Waals surface area contributed by atoms with Gasteiger partial charge in [-0.1, -0.05) is 24.6 Å². The first-order valence-electron chi connectivity index (χ1n) is 6.93. The molecule has 0 aliphatic rings. The maximum absolute atomic E-state index is 13.8. The van der Waals surface area contributed by atoms with Crippen molar-refractivity contribution in [2.45, 2.75) is 39.3 Å². The Balaban J connectivity index is 2.36. The van der Waals surface area contributed by atoms with E-state index in [2.05, 4.69) is 5.10 Å². The molecule has 1 heterocycles. The minimum Gasteiger partial charge on any atom is -0.323 e. The molecule has 1 atom stereocenters. The number of aromatic nitrogens is 2. The molecule has 0 saturated heterocycles. The summed E-state index contributed by atoms with van der Waals surface area (Å²) < 4.78 is 29.3. The number of nitrogens with zero attached hydrogens (tertiary/aromatic N) is 2. The van der Waals surface area contributed by atoms with Crippen LogP contribution in [0.5, 0.6) is 0 Å². The highest BCUT2D eigenvalue weighted by molar-refractivity contribution is 6.31. The molecule has 0 fully saturated rings. The van der Waals surface area contributed by atoms with Gasteiger partial charge in [-0.25, -0.2) is 8.78 Å². The Morgan fingerprint density at radius 1 is 1.29 bits per heavy atom. The average molecular weight is 314 g/mol. The molecule has 1 unspecified atom stereocenters. The lowest BCUT2D eigenvalue weighted by molar-refractivity contribution is 0.513. The first-order valence-corrected chi connectivity index (χ1v) is 7.30. The van der Waals surface area contributed by atoms with Crippen molar-refractivity contribution in [3.8, 4) is 0 Å². The molecule has 1 aromatic carbocycles. The molecule has 21 heavy (non-hydrogen) atoms. The van der Waals surface area contributed by atoms with Crippen LogP contribution in [0.4, 0.5) is 8.78 Å². The smallest absolute Gasteiger partial charge is 0.130 e. The van der Waals surface area contributed by atoms with E-state index in [4.69, 9.17) is 17.3 Å². The highest BCUT2D eigenvalue weighted by Crippen LogP contribution is 2.28. The fourth-order valence-electron chi connectivity index (χ4n) is 2.39. The van der Waals surface area contributed by atoms with Gasteiger partial charge >= 0.3 is 0 Å². The molecule has 0 radical (unpaired) electrons. The van der Waals surface area contributed by atoms with E-state index in [9.17, 15) is 8.78 Å². The van der Waals surface area contributed by atoms with Gasteiger partial charge < -0.3 is 5.73 Å². The van der Waals surface area contributed by atoms with Crippen LogP contribution in [-0.2, 0) is 19.4 Å². The van der Waals surface area contributed by atoms with Gasteiger partial charge in [0, 0.05) is 24.6 Å². The van der Waals surface area contributed by atoms with Gasteiger partial charge in [0.1, 0.15) is 11.6 Å². The topological polar surface area (TPSA) is 43.8 Å². The zero-order valence-electron chi connectivity index (χ0n) is 12.0. The van der Waals surface area contributed by atoms with Crippen molar-refractivity contribution < 1.29 is 8.78 Å². The van der Waals surface area contributed by atoms with Gasteiger partial charge in [0.25, 0.3) is 0 Å². The summed E-state index contributed by atoms with van der Waals surface area (Å²) in [6.45, 7) is 4.51. The minimum absolute atomic E-state index is 0.115. The van der Waals surface area contributed by atoms with E-state index in [-0.39, 0.29) is 12.0 Å². The highest BCUT2D eigenvalue weighted by Gasteiger charge is 2.22. The summed E-state index contributed by atoms with van der Waals surface area (Å²) in [6, 6.07) is 2.91. The fraction of sp³-hybridized carbons (Fsp3) is 0.400. The molecule has 0 amide bonds. The van der Waals surface area contributed by atoms with E-state index in [1.54, 1.807) is 4.68 Å². The Morgan fingerprint density at radius 3 is 2.43 bits per heavy atom. The summed E-state index contributed by atoms with van der Waals surface area (Å²) in [6.07, 6.45) is 0.930. The second-order valence-electron chi connectivity index (χ2n) is 4.82. The Kier molecular flexibility index (Phi) is 4.96. The van der Waals surface area contributed by atoms with Gasteiger partial charge in [-0.15, -0.1) is 0 Å². The molecule has 114 valence electrons. The molecule has 2 rings (SSSR count). The second-order valence-corrected chi connectivity index (χ2v) is 5.20. The molecular formula is C15H18ClF2N3. The number of halogens is 3. The Bertz CT molecular complexity index is 620. The molecule has 6 heteroatoms. The normalized spacial score (nSPS) is 12.7. The summed E-state index contributed by atoms with van der Waals surface area (Å²) in [5.74, 6) is -1.28. The number of benzene rings is 1. The number of hydrogen-bond donors (Lipinski definition) is 1. The van der Waals surface area contributed by atoms with Crippen LogP contribution in [0.3, 0.4) is 0 Å². The number of rotatable bonds is 5. The van der Waals surface area contributed by atoms with Gasteiger partial charge in [-0.3, -0.25) is 4.68 Å². The van der Waals surface area contributed by atoms with Crippen molar-refractivity contribution in [1.82, 2.24) is 9.78 Å². The lowest BCUT2D eigenvalue weighted by Crippen LogP contribution is -2.19. The summed E-state index contributed by atoms with van der Waals surface area (Å²) in [7, 11) is 0. The molecule has 0 bridgehead atoms. The molecule has 0 aliphatic carbocycles. The van der Waals surface area contributed by atoms with Crippen LogP contribution in [-0.4, -0.2) is 9.78 Å². The SMILES string of the molecule is CCc1nn(CC)c(CC(N)c2c(F)cccc2F)c1Cl. The van der Waals surface area contributed by atoms with E-state index in [0.29, 0.717) is 23.7 Å². The van der Waals surface area contributed by atoms with Crippen LogP contribution in [0.2, 0.25) is 5.02 Å². The average Bonchev–Trinajstić information content (AvgIpc) is 2.75. The van der Waals surface area contributed by atoms with Crippen LogP contribution in [0, 0.1) is 11.6 Å². The predicted octanol–water partition coefficient (Wildman–Crippen LogP) is 3.64. The van der Waals surface area contributed by atoms with E-state index in [1.807, 2.05) is 13.8 Å².